The summed E-state index contributed by atoms with van der Waals surface area (Å²) in [5.74, 6) is -0.216. The monoisotopic (exact) mass is 248 g/mol. The maximum Gasteiger partial charge on any atom is 0.251 e. The number of carbonyl (C=O) groups is 2. The van der Waals surface area contributed by atoms with Gasteiger partial charge in [-0.25, -0.2) is 4.98 Å². The van der Waals surface area contributed by atoms with E-state index in [0.717, 1.165) is 5.69 Å². The van der Waals surface area contributed by atoms with Crippen molar-refractivity contribution in [3.63, 3.8) is 0 Å². The van der Waals surface area contributed by atoms with Gasteiger partial charge in [0.1, 0.15) is 5.54 Å². The van der Waals surface area contributed by atoms with Gasteiger partial charge in [-0.3, -0.25) is 14.9 Å². The van der Waals surface area contributed by atoms with Crippen LogP contribution < -0.4 is 16.0 Å². The van der Waals surface area contributed by atoms with E-state index >= 15 is 0 Å². The van der Waals surface area contributed by atoms with Gasteiger partial charge in [0.2, 0.25) is 5.91 Å². The highest BCUT2D eigenvalue weighted by Crippen LogP contribution is 2.29. The Bertz CT molecular complexity index is 525. The lowest BCUT2D eigenvalue weighted by molar-refractivity contribution is -0.135. The Balaban J connectivity index is 2.50. The van der Waals surface area contributed by atoms with Gasteiger partial charge in [0.25, 0.3) is 5.91 Å². The van der Waals surface area contributed by atoms with Crippen LogP contribution in [0.25, 0.3) is 0 Å². The number of hydrogen-bond acceptors (Lipinski definition) is 5. The van der Waals surface area contributed by atoms with Crippen molar-refractivity contribution in [1.82, 2.24) is 10.3 Å². The highest BCUT2D eigenvalue weighted by atomic mass is 16.2. The molecule has 2 rings (SSSR count). The first kappa shape index (κ1) is 12.3. The number of nitrogen functional groups attached to an aromatic ring is 1. The Morgan fingerprint density at radius 2 is 2.06 bits per heavy atom. The van der Waals surface area contributed by atoms with Gasteiger partial charge in [-0.05, 0) is 32.9 Å². The predicted octanol–water partition coefficient (Wildman–Crippen LogP) is 0.214. The molecule has 1 saturated heterocycles. The molecule has 0 bridgehead atoms. The number of nitrogens with one attached hydrogen (secondary N) is 1. The van der Waals surface area contributed by atoms with Crippen molar-refractivity contribution in [3.05, 3.63) is 17.8 Å². The third-order valence-electron chi connectivity index (χ3n) is 3.09. The molecule has 6 heteroatoms. The van der Waals surface area contributed by atoms with Crippen LogP contribution in [0, 0.1) is 6.92 Å². The molecule has 0 unspecified atom stereocenters. The van der Waals surface area contributed by atoms with E-state index in [2.05, 4.69) is 10.3 Å². The second-order valence-corrected chi connectivity index (χ2v) is 4.89. The molecule has 3 N–H and O–H groups in total. The number of rotatable bonds is 1. The number of aryl methyl sites for hydroxylation is 1. The molecule has 96 valence electrons. The molecule has 0 radical (unpaired) electrons. The molecule has 0 saturated carbocycles. The number of anilines is 2. The van der Waals surface area contributed by atoms with Gasteiger partial charge in [0, 0.05) is 5.69 Å². The molecular weight excluding hydrogens is 232 g/mol. The molecule has 1 aliphatic heterocycles. The normalized spacial score (nSPS) is 18.7. The fourth-order valence-corrected chi connectivity index (χ4v) is 1.89. The number of imide groups is 1. The molecule has 0 atom stereocenters. The maximum absolute atomic E-state index is 11.9. The van der Waals surface area contributed by atoms with Gasteiger partial charge in [-0.2, -0.15) is 0 Å². The van der Waals surface area contributed by atoms with Crippen molar-refractivity contribution >= 4 is 23.3 Å². The van der Waals surface area contributed by atoms with Crippen LogP contribution >= 0.6 is 0 Å². The van der Waals surface area contributed by atoms with Crippen LogP contribution in [0.1, 0.15) is 19.5 Å². The minimum absolute atomic E-state index is 0.0688. The average Bonchev–Trinajstić information content (AvgIpc) is 2.27. The summed E-state index contributed by atoms with van der Waals surface area (Å²) in [5, 5.41) is 2.32. The molecule has 1 aromatic rings. The Morgan fingerprint density at radius 1 is 1.39 bits per heavy atom. The number of amides is 2. The molecule has 0 aliphatic carbocycles. The lowest BCUT2D eigenvalue weighted by Crippen LogP contribution is -2.64. The van der Waals surface area contributed by atoms with Crippen molar-refractivity contribution < 1.29 is 9.59 Å². The van der Waals surface area contributed by atoms with Crippen molar-refractivity contribution in [2.45, 2.75) is 26.3 Å². The standard InChI is InChI=1S/C12H16N4O2/c1-7-4-5-8(13)10(14-7)16-6-9(17)15-11(18)12(16,2)3/h4-5H,6,13H2,1-3H3,(H,15,17,18). The van der Waals surface area contributed by atoms with Gasteiger partial charge in [-0.15, -0.1) is 0 Å². The molecule has 1 fully saturated rings. The van der Waals surface area contributed by atoms with Crippen LogP contribution in [-0.2, 0) is 9.59 Å². The molecule has 1 aliphatic rings. The third kappa shape index (κ3) is 1.90. The summed E-state index contributed by atoms with van der Waals surface area (Å²) in [4.78, 5) is 29.3. The molecule has 2 amide bonds. The lowest BCUT2D eigenvalue weighted by Gasteiger charge is -2.41. The second-order valence-electron chi connectivity index (χ2n) is 4.89. The molecular formula is C12H16N4O2. The Labute approximate surface area is 105 Å². The van der Waals surface area contributed by atoms with E-state index in [0.29, 0.717) is 11.5 Å². The Morgan fingerprint density at radius 3 is 2.72 bits per heavy atom. The number of piperazine rings is 1. The predicted molar refractivity (Wildman–Crippen MR) is 68.0 cm³/mol. The number of pyridine rings is 1. The van der Waals surface area contributed by atoms with Gasteiger partial charge in [0.05, 0.1) is 12.2 Å². The molecule has 0 aromatic carbocycles. The highest BCUT2D eigenvalue weighted by Gasteiger charge is 2.42. The smallest absolute Gasteiger partial charge is 0.251 e. The van der Waals surface area contributed by atoms with E-state index in [1.165, 1.54) is 0 Å². The highest BCUT2D eigenvalue weighted by molar-refractivity contribution is 6.07. The van der Waals surface area contributed by atoms with Crippen LogP contribution in [0.3, 0.4) is 0 Å². The molecule has 6 nitrogen and oxygen atoms in total. The van der Waals surface area contributed by atoms with Crippen molar-refractivity contribution in [3.8, 4) is 0 Å². The summed E-state index contributed by atoms with van der Waals surface area (Å²) in [7, 11) is 0. The van der Waals surface area contributed by atoms with Gasteiger partial charge in [0.15, 0.2) is 5.82 Å². The fourth-order valence-electron chi connectivity index (χ4n) is 1.89. The SMILES string of the molecule is Cc1ccc(N)c(N2CC(=O)NC(=O)C2(C)C)n1. The fraction of sp³-hybridized carbons (Fsp3) is 0.417. The zero-order valence-corrected chi connectivity index (χ0v) is 10.7. The van der Waals surface area contributed by atoms with Crippen LogP contribution in [0.5, 0.6) is 0 Å². The minimum atomic E-state index is -0.858. The summed E-state index contributed by atoms with van der Waals surface area (Å²) >= 11 is 0. The third-order valence-corrected chi connectivity index (χ3v) is 3.09. The number of hydrogen-bond donors (Lipinski definition) is 2. The molecule has 2 heterocycles. The van der Waals surface area contributed by atoms with Crippen LogP contribution in [0.4, 0.5) is 11.5 Å². The van der Waals surface area contributed by atoms with E-state index in [9.17, 15) is 9.59 Å². The number of carbonyl (C=O) groups excluding carboxylic acids is 2. The number of nitrogens with two attached hydrogens (primary N) is 1. The Hall–Kier alpha value is -2.11. The first-order valence-corrected chi connectivity index (χ1v) is 5.67. The zero-order valence-electron chi connectivity index (χ0n) is 10.7. The van der Waals surface area contributed by atoms with Crippen molar-refractivity contribution in [2.75, 3.05) is 17.2 Å². The largest absolute Gasteiger partial charge is 0.396 e. The van der Waals surface area contributed by atoms with E-state index in [1.54, 1.807) is 30.9 Å². The first-order valence-electron chi connectivity index (χ1n) is 5.67. The molecule has 18 heavy (non-hydrogen) atoms. The number of aromatic nitrogens is 1. The van der Waals surface area contributed by atoms with Crippen molar-refractivity contribution in [1.29, 1.82) is 0 Å². The summed E-state index contributed by atoms with van der Waals surface area (Å²) in [6.07, 6.45) is 0. The van der Waals surface area contributed by atoms with E-state index < -0.39 is 5.54 Å². The zero-order chi connectivity index (χ0) is 13.5. The Kier molecular flexibility index (Phi) is 2.73. The van der Waals surface area contributed by atoms with Gasteiger partial charge in [-0.1, -0.05) is 0 Å². The molecule has 0 spiro atoms. The van der Waals surface area contributed by atoms with E-state index in [-0.39, 0.29) is 18.4 Å². The van der Waals surface area contributed by atoms with E-state index in [4.69, 9.17) is 5.73 Å². The topological polar surface area (TPSA) is 88.3 Å². The van der Waals surface area contributed by atoms with Crippen LogP contribution in [0.2, 0.25) is 0 Å². The summed E-state index contributed by atoms with van der Waals surface area (Å²) in [6, 6.07) is 3.52. The second kappa shape index (κ2) is 3.97. The molecule has 1 aromatic heterocycles. The van der Waals surface area contributed by atoms with Crippen LogP contribution in [-0.4, -0.2) is 28.9 Å². The van der Waals surface area contributed by atoms with Crippen molar-refractivity contribution in [2.24, 2.45) is 0 Å². The minimum Gasteiger partial charge on any atom is -0.396 e. The summed E-state index contributed by atoms with van der Waals surface area (Å²) < 4.78 is 0. The lowest BCUT2D eigenvalue weighted by atomic mass is 9.98. The van der Waals surface area contributed by atoms with Gasteiger partial charge < -0.3 is 10.6 Å². The average molecular weight is 248 g/mol. The first-order chi connectivity index (χ1) is 8.32. The quantitative estimate of drug-likeness (QED) is 0.694. The maximum atomic E-state index is 11.9. The summed E-state index contributed by atoms with van der Waals surface area (Å²) in [5.41, 5.74) is 6.27. The van der Waals surface area contributed by atoms with Crippen LogP contribution in [0.15, 0.2) is 12.1 Å². The van der Waals surface area contributed by atoms with Gasteiger partial charge >= 0.3 is 0 Å². The number of nitrogens with zero attached hydrogens (tertiary/aromatic N) is 2. The summed E-state index contributed by atoms with van der Waals surface area (Å²) in [6.45, 7) is 5.37. The van der Waals surface area contributed by atoms with E-state index in [1.807, 2.05) is 6.92 Å².